The van der Waals surface area contributed by atoms with Crippen LogP contribution in [-0.4, -0.2) is 35.2 Å². The Kier molecular flexibility index (Phi) is 6.09. The number of nitro groups is 1. The van der Waals surface area contributed by atoms with Crippen LogP contribution >= 0.6 is 11.6 Å². The third kappa shape index (κ3) is 4.61. The van der Waals surface area contributed by atoms with E-state index in [9.17, 15) is 23.3 Å². The molecule has 0 saturated carbocycles. The van der Waals surface area contributed by atoms with Crippen LogP contribution in [0.2, 0.25) is 5.02 Å². The monoisotopic (exact) mass is 446 g/mol. The third-order valence-corrected chi connectivity index (χ3v) is 6.09. The minimum absolute atomic E-state index is 0.0450. The van der Waals surface area contributed by atoms with Crippen molar-refractivity contribution < 1.29 is 18.1 Å². The maximum Gasteiger partial charge on any atom is 0.270 e. The molecule has 11 heteroatoms. The van der Waals surface area contributed by atoms with Crippen LogP contribution in [0, 0.1) is 10.1 Å². The Hall–Kier alpha value is -3.37. The lowest BCUT2D eigenvalue weighted by atomic mass is 10.1. The zero-order valence-corrected chi connectivity index (χ0v) is 17.1. The first-order valence-electron chi connectivity index (χ1n) is 8.63. The summed E-state index contributed by atoms with van der Waals surface area (Å²) in [4.78, 5) is 22.7. The van der Waals surface area contributed by atoms with Gasteiger partial charge >= 0.3 is 0 Å². The average Bonchev–Trinajstić information content (AvgIpc) is 2.73. The molecule has 0 fully saturated rings. The van der Waals surface area contributed by atoms with Crippen LogP contribution in [0.3, 0.4) is 0 Å². The van der Waals surface area contributed by atoms with Crippen molar-refractivity contribution in [3.8, 4) is 11.3 Å². The predicted octanol–water partition coefficient (Wildman–Crippen LogP) is 3.75. The second-order valence-corrected chi connectivity index (χ2v) is 8.75. The summed E-state index contributed by atoms with van der Waals surface area (Å²) in [5, 5.41) is 21.0. The number of rotatable bonds is 6. The zero-order chi connectivity index (χ0) is 21.9. The molecule has 3 aromatic rings. The summed E-state index contributed by atoms with van der Waals surface area (Å²) >= 11 is 5.99. The van der Waals surface area contributed by atoms with Crippen molar-refractivity contribution in [1.82, 2.24) is 10.2 Å². The van der Waals surface area contributed by atoms with E-state index in [-0.39, 0.29) is 27.1 Å². The molecule has 1 N–H and O–H groups in total. The minimum atomic E-state index is -3.45. The van der Waals surface area contributed by atoms with Gasteiger partial charge in [0.15, 0.2) is 14.9 Å². The molecule has 1 aromatic heterocycles. The molecular weight excluding hydrogens is 432 g/mol. The van der Waals surface area contributed by atoms with Crippen molar-refractivity contribution in [1.29, 1.82) is 0 Å². The molecule has 3 rings (SSSR count). The van der Waals surface area contributed by atoms with Crippen molar-refractivity contribution in [2.75, 3.05) is 11.1 Å². The topological polar surface area (TPSA) is 132 Å². The number of carbonyl (C=O) groups is 1. The van der Waals surface area contributed by atoms with E-state index in [2.05, 4.69) is 15.5 Å². The van der Waals surface area contributed by atoms with Crippen molar-refractivity contribution in [3.05, 3.63) is 75.3 Å². The molecule has 0 aliphatic heterocycles. The molecule has 0 aliphatic carbocycles. The number of benzene rings is 2. The number of non-ortho nitro benzene ring substituents is 1. The highest BCUT2D eigenvalue weighted by Crippen LogP contribution is 2.25. The smallest absolute Gasteiger partial charge is 0.270 e. The van der Waals surface area contributed by atoms with Crippen LogP contribution in [-0.2, 0) is 9.84 Å². The lowest BCUT2D eigenvalue weighted by molar-refractivity contribution is -0.384. The molecular formula is C19H15ClN4O5S. The van der Waals surface area contributed by atoms with E-state index < -0.39 is 20.7 Å². The summed E-state index contributed by atoms with van der Waals surface area (Å²) < 4.78 is 23.7. The highest BCUT2D eigenvalue weighted by atomic mass is 35.5. The van der Waals surface area contributed by atoms with Crippen LogP contribution in [0.5, 0.6) is 0 Å². The Morgan fingerprint density at radius 2 is 1.90 bits per heavy atom. The number of nitrogens with zero attached hydrogens (tertiary/aromatic N) is 3. The molecule has 154 valence electrons. The molecule has 0 spiro atoms. The molecule has 0 aliphatic rings. The minimum Gasteiger partial charge on any atom is -0.322 e. The van der Waals surface area contributed by atoms with Gasteiger partial charge in [0.05, 0.1) is 27.0 Å². The summed E-state index contributed by atoms with van der Waals surface area (Å²) in [6, 6.07) is 13.2. The third-order valence-electron chi connectivity index (χ3n) is 4.16. The van der Waals surface area contributed by atoms with Crippen LogP contribution in [0.25, 0.3) is 11.3 Å². The Balaban J connectivity index is 1.82. The Morgan fingerprint density at radius 3 is 2.50 bits per heavy atom. The normalized spacial score (nSPS) is 11.1. The largest absolute Gasteiger partial charge is 0.322 e. The SMILES string of the molecule is CCS(=O)(=O)c1ccc(-c2cccc(NC(=O)c3ccc([N+](=O)[O-])cc3Cl)c2)nn1. The Labute approximate surface area is 176 Å². The van der Waals surface area contributed by atoms with Gasteiger partial charge in [0.2, 0.25) is 0 Å². The van der Waals surface area contributed by atoms with E-state index in [0.29, 0.717) is 16.9 Å². The van der Waals surface area contributed by atoms with Gasteiger partial charge in [-0.3, -0.25) is 14.9 Å². The first kappa shape index (κ1) is 21.3. The van der Waals surface area contributed by atoms with Gasteiger partial charge in [-0.1, -0.05) is 30.7 Å². The summed E-state index contributed by atoms with van der Waals surface area (Å²) in [5.41, 5.74) is 1.33. The number of carbonyl (C=O) groups excluding carboxylic acids is 1. The number of sulfone groups is 1. The molecule has 30 heavy (non-hydrogen) atoms. The van der Waals surface area contributed by atoms with Crippen molar-refractivity contribution in [3.63, 3.8) is 0 Å². The fraction of sp³-hybridized carbons (Fsp3) is 0.105. The summed E-state index contributed by atoms with van der Waals surface area (Å²) in [6.07, 6.45) is 0. The zero-order valence-electron chi connectivity index (χ0n) is 15.6. The lowest BCUT2D eigenvalue weighted by Crippen LogP contribution is -2.12. The van der Waals surface area contributed by atoms with Crippen LogP contribution in [0.15, 0.2) is 59.6 Å². The van der Waals surface area contributed by atoms with E-state index in [1.807, 2.05) is 0 Å². The average molecular weight is 447 g/mol. The van der Waals surface area contributed by atoms with Crippen LogP contribution in [0.4, 0.5) is 11.4 Å². The quantitative estimate of drug-likeness (QED) is 0.450. The van der Waals surface area contributed by atoms with E-state index in [1.165, 1.54) is 31.2 Å². The molecule has 2 aromatic carbocycles. The van der Waals surface area contributed by atoms with E-state index in [4.69, 9.17) is 11.6 Å². The first-order valence-corrected chi connectivity index (χ1v) is 10.7. The summed E-state index contributed by atoms with van der Waals surface area (Å²) in [7, 11) is -3.45. The standard InChI is InChI=1S/C19H15ClN4O5S/c1-2-30(28,29)18-9-8-17(22-23-18)12-4-3-5-13(10-12)21-19(25)15-7-6-14(24(26)27)11-16(15)20/h3-11H,2H2,1H3,(H,21,25). The molecule has 9 nitrogen and oxygen atoms in total. The second kappa shape index (κ2) is 8.56. The van der Waals surface area contributed by atoms with Gasteiger partial charge in [0.25, 0.3) is 11.6 Å². The fourth-order valence-electron chi connectivity index (χ4n) is 2.54. The number of hydrogen-bond acceptors (Lipinski definition) is 7. The van der Waals surface area contributed by atoms with E-state index in [0.717, 1.165) is 6.07 Å². The number of halogens is 1. The highest BCUT2D eigenvalue weighted by Gasteiger charge is 2.16. The number of nitro benzene ring substituents is 1. The van der Waals surface area contributed by atoms with Gasteiger partial charge in [0.1, 0.15) is 0 Å². The number of aromatic nitrogens is 2. The van der Waals surface area contributed by atoms with Crippen molar-refractivity contribution >= 4 is 38.7 Å². The second-order valence-electron chi connectivity index (χ2n) is 6.12. The summed E-state index contributed by atoms with van der Waals surface area (Å²) in [5.74, 6) is -0.615. The number of hydrogen-bond donors (Lipinski definition) is 1. The van der Waals surface area contributed by atoms with E-state index >= 15 is 0 Å². The number of amides is 1. The Morgan fingerprint density at radius 1 is 1.13 bits per heavy atom. The highest BCUT2D eigenvalue weighted by molar-refractivity contribution is 7.91. The molecule has 0 radical (unpaired) electrons. The van der Waals surface area contributed by atoms with Crippen LogP contribution < -0.4 is 5.32 Å². The fourth-order valence-corrected chi connectivity index (χ4v) is 3.54. The van der Waals surface area contributed by atoms with Gasteiger partial charge < -0.3 is 5.32 Å². The molecule has 0 atom stereocenters. The summed E-state index contributed by atoms with van der Waals surface area (Å²) in [6.45, 7) is 1.52. The van der Waals surface area contributed by atoms with Gasteiger partial charge in [-0.25, -0.2) is 8.42 Å². The van der Waals surface area contributed by atoms with Crippen LogP contribution in [0.1, 0.15) is 17.3 Å². The van der Waals surface area contributed by atoms with Crippen molar-refractivity contribution in [2.24, 2.45) is 0 Å². The first-order chi connectivity index (χ1) is 14.2. The molecule has 0 saturated heterocycles. The number of anilines is 1. The maximum atomic E-state index is 12.5. The van der Waals surface area contributed by atoms with Crippen molar-refractivity contribution in [2.45, 2.75) is 11.9 Å². The number of nitrogens with one attached hydrogen (secondary N) is 1. The van der Waals surface area contributed by atoms with Gasteiger partial charge in [-0.2, -0.15) is 0 Å². The predicted molar refractivity (Wildman–Crippen MR) is 111 cm³/mol. The molecule has 1 heterocycles. The Bertz CT molecular complexity index is 1230. The molecule has 0 unspecified atom stereocenters. The lowest BCUT2D eigenvalue weighted by Gasteiger charge is -2.09. The van der Waals surface area contributed by atoms with Gasteiger partial charge in [-0.15, -0.1) is 10.2 Å². The van der Waals surface area contributed by atoms with Gasteiger partial charge in [0, 0.05) is 23.4 Å². The molecule has 0 bridgehead atoms. The molecule has 1 amide bonds. The van der Waals surface area contributed by atoms with Gasteiger partial charge in [-0.05, 0) is 30.3 Å². The maximum absolute atomic E-state index is 12.5. The van der Waals surface area contributed by atoms with E-state index in [1.54, 1.807) is 24.3 Å².